The van der Waals surface area contributed by atoms with Gasteiger partial charge in [-0.1, -0.05) is 0 Å². The standard InChI is InChI=1S/C12H9BrF6N4O/c1-5(12(17,18)19)24-9-7(14)2-6(4-20-9)3-8-21-10(23-22-8)11(13,15)16/h2,4-5H,3H2,1H3,(H,21,22,23)/t5-/m0/s1. The van der Waals surface area contributed by atoms with E-state index in [9.17, 15) is 26.3 Å². The minimum atomic E-state index is -4.66. The molecule has 2 heterocycles. The van der Waals surface area contributed by atoms with Crippen molar-refractivity contribution in [2.75, 3.05) is 0 Å². The molecule has 0 bridgehead atoms. The van der Waals surface area contributed by atoms with Gasteiger partial charge in [-0.2, -0.15) is 27.1 Å². The van der Waals surface area contributed by atoms with Crippen molar-refractivity contribution < 1.29 is 31.1 Å². The number of ether oxygens (including phenoxy) is 1. The van der Waals surface area contributed by atoms with Crippen LogP contribution in [0.1, 0.15) is 24.1 Å². The van der Waals surface area contributed by atoms with Crippen molar-refractivity contribution in [3.8, 4) is 5.88 Å². The third-order valence-corrected chi connectivity index (χ3v) is 3.12. The first kappa shape index (κ1) is 18.5. The van der Waals surface area contributed by atoms with E-state index in [4.69, 9.17) is 0 Å². The molecule has 2 aromatic heterocycles. The fourth-order valence-electron chi connectivity index (χ4n) is 1.58. The molecule has 0 aliphatic carbocycles. The Balaban J connectivity index is 2.11. The summed E-state index contributed by atoms with van der Waals surface area (Å²) < 4.78 is 81.2. The number of hydrogen-bond acceptors (Lipinski definition) is 4. The van der Waals surface area contributed by atoms with E-state index in [1.54, 1.807) is 0 Å². The minimum Gasteiger partial charge on any atom is -0.463 e. The Labute approximate surface area is 139 Å². The number of H-pyrrole nitrogens is 1. The Morgan fingerprint density at radius 1 is 1.29 bits per heavy atom. The second kappa shape index (κ2) is 6.57. The molecule has 1 N–H and O–H groups in total. The smallest absolute Gasteiger partial charge is 0.425 e. The van der Waals surface area contributed by atoms with Crippen LogP contribution in [-0.2, 0) is 11.3 Å². The lowest BCUT2D eigenvalue weighted by molar-refractivity contribution is -0.190. The summed E-state index contributed by atoms with van der Waals surface area (Å²) in [7, 11) is 0. The summed E-state index contributed by atoms with van der Waals surface area (Å²) in [4.78, 5) is 3.56. The summed E-state index contributed by atoms with van der Waals surface area (Å²) in [5, 5.41) is 5.54. The Bertz CT molecular complexity index is 714. The number of hydrogen-bond donors (Lipinski definition) is 1. The molecular formula is C12H9BrF6N4O. The third kappa shape index (κ3) is 4.58. The Hall–Kier alpha value is -1.85. The third-order valence-electron chi connectivity index (χ3n) is 2.77. The van der Waals surface area contributed by atoms with Crippen LogP contribution in [-0.4, -0.2) is 32.4 Å². The number of aromatic amines is 1. The first-order valence-electron chi connectivity index (χ1n) is 6.33. The quantitative estimate of drug-likeness (QED) is 0.593. The van der Waals surface area contributed by atoms with Crippen molar-refractivity contribution in [2.24, 2.45) is 0 Å². The molecule has 0 amide bonds. The van der Waals surface area contributed by atoms with Crippen LogP contribution in [0, 0.1) is 5.82 Å². The van der Waals surface area contributed by atoms with Crippen LogP contribution in [0.3, 0.4) is 0 Å². The zero-order chi connectivity index (χ0) is 18.1. The zero-order valence-electron chi connectivity index (χ0n) is 11.8. The molecule has 0 aromatic carbocycles. The molecule has 0 unspecified atom stereocenters. The summed E-state index contributed by atoms with van der Waals surface area (Å²) in [6.07, 6.45) is -5.97. The number of nitrogens with one attached hydrogen (secondary N) is 1. The van der Waals surface area contributed by atoms with Crippen LogP contribution in [0.25, 0.3) is 0 Å². The van der Waals surface area contributed by atoms with Gasteiger partial charge in [0, 0.05) is 12.6 Å². The number of aromatic nitrogens is 4. The molecule has 24 heavy (non-hydrogen) atoms. The van der Waals surface area contributed by atoms with Gasteiger partial charge in [0.25, 0.3) is 5.88 Å². The van der Waals surface area contributed by atoms with E-state index in [2.05, 4.69) is 40.8 Å². The maximum atomic E-state index is 13.8. The lowest BCUT2D eigenvalue weighted by Crippen LogP contribution is -2.31. The van der Waals surface area contributed by atoms with Gasteiger partial charge in [-0.05, 0) is 34.5 Å². The minimum absolute atomic E-state index is 0.00246. The van der Waals surface area contributed by atoms with Gasteiger partial charge in [-0.25, -0.2) is 14.4 Å². The van der Waals surface area contributed by atoms with Crippen LogP contribution >= 0.6 is 15.9 Å². The number of nitrogens with zero attached hydrogens (tertiary/aromatic N) is 3. The number of alkyl halides is 6. The van der Waals surface area contributed by atoms with Crippen molar-refractivity contribution in [3.05, 3.63) is 35.3 Å². The summed E-state index contributed by atoms with van der Waals surface area (Å²) in [6, 6.07) is 0.875. The molecule has 12 heteroatoms. The van der Waals surface area contributed by atoms with Gasteiger partial charge in [0.15, 0.2) is 11.9 Å². The lowest BCUT2D eigenvalue weighted by Gasteiger charge is -2.17. The van der Waals surface area contributed by atoms with Gasteiger partial charge >= 0.3 is 11.0 Å². The van der Waals surface area contributed by atoms with Gasteiger partial charge < -0.3 is 4.74 Å². The van der Waals surface area contributed by atoms with Gasteiger partial charge in [0.2, 0.25) is 5.82 Å². The van der Waals surface area contributed by atoms with E-state index in [1.807, 2.05) is 0 Å². The molecule has 0 fully saturated rings. The molecule has 0 saturated heterocycles. The lowest BCUT2D eigenvalue weighted by atomic mass is 10.2. The summed E-state index contributed by atoms with van der Waals surface area (Å²) in [5.41, 5.74) is 0.181. The molecule has 0 radical (unpaired) electrons. The van der Waals surface area contributed by atoms with Crippen LogP contribution in [0.4, 0.5) is 26.3 Å². The molecule has 0 aliphatic heterocycles. The van der Waals surface area contributed by atoms with E-state index in [0.29, 0.717) is 6.92 Å². The maximum Gasteiger partial charge on any atom is 0.425 e. The summed E-state index contributed by atoms with van der Waals surface area (Å²) >= 11 is 2.09. The van der Waals surface area contributed by atoms with E-state index in [0.717, 1.165) is 12.3 Å². The molecule has 5 nitrogen and oxygen atoms in total. The predicted molar refractivity (Wildman–Crippen MR) is 72.3 cm³/mol. The highest BCUT2D eigenvalue weighted by Gasteiger charge is 2.38. The topological polar surface area (TPSA) is 63.7 Å². The van der Waals surface area contributed by atoms with Crippen molar-refractivity contribution in [1.29, 1.82) is 0 Å². The molecular weight excluding hydrogens is 410 g/mol. The van der Waals surface area contributed by atoms with Gasteiger partial charge in [0.1, 0.15) is 5.82 Å². The maximum absolute atomic E-state index is 13.8. The average Bonchev–Trinajstić information content (AvgIpc) is 2.89. The van der Waals surface area contributed by atoms with Crippen LogP contribution in [0.2, 0.25) is 0 Å². The monoisotopic (exact) mass is 418 g/mol. The average molecular weight is 419 g/mol. The van der Waals surface area contributed by atoms with E-state index in [1.165, 1.54) is 0 Å². The summed E-state index contributed by atoms with van der Waals surface area (Å²) in [5.74, 6) is -2.73. The predicted octanol–water partition coefficient (Wildman–Crippen LogP) is 3.70. The fourth-order valence-corrected chi connectivity index (χ4v) is 1.75. The van der Waals surface area contributed by atoms with Crippen molar-refractivity contribution in [3.63, 3.8) is 0 Å². The van der Waals surface area contributed by atoms with Gasteiger partial charge in [0.05, 0.1) is 0 Å². The van der Waals surface area contributed by atoms with Crippen LogP contribution < -0.4 is 4.74 Å². The second-order valence-corrected chi connectivity index (χ2v) is 5.71. The highest BCUT2D eigenvalue weighted by atomic mass is 79.9. The first-order chi connectivity index (χ1) is 11.0. The molecule has 2 aromatic rings. The van der Waals surface area contributed by atoms with E-state index in [-0.39, 0.29) is 17.8 Å². The van der Waals surface area contributed by atoms with E-state index < -0.39 is 34.6 Å². The normalized spacial score (nSPS) is 13.8. The highest BCUT2D eigenvalue weighted by molar-refractivity contribution is 9.09. The van der Waals surface area contributed by atoms with Gasteiger partial charge in [-0.15, -0.1) is 0 Å². The largest absolute Gasteiger partial charge is 0.463 e. The molecule has 2 rings (SSSR count). The Morgan fingerprint density at radius 2 is 1.96 bits per heavy atom. The molecule has 0 spiro atoms. The molecule has 1 atom stereocenters. The SMILES string of the molecule is C[C@H](Oc1ncc(Cc2nc(C(F)(F)Br)n[nH]2)cc1F)C(F)(F)F. The van der Waals surface area contributed by atoms with Crippen molar-refractivity contribution in [1.82, 2.24) is 20.2 Å². The summed E-state index contributed by atoms with van der Waals surface area (Å²) in [6.45, 7) is 0.714. The van der Waals surface area contributed by atoms with Crippen molar-refractivity contribution in [2.45, 2.75) is 30.5 Å². The van der Waals surface area contributed by atoms with Crippen molar-refractivity contribution >= 4 is 15.9 Å². The van der Waals surface area contributed by atoms with Crippen LogP contribution in [0.15, 0.2) is 12.3 Å². The number of rotatable bonds is 5. The molecule has 132 valence electrons. The number of pyridine rings is 1. The first-order valence-corrected chi connectivity index (χ1v) is 7.12. The van der Waals surface area contributed by atoms with E-state index >= 15 is 0 Å². The van der Waals surface area contributed by atoms with Gasteiger partial charge in [-0.3, -0.25) is 5.10 Å². The fraction of sp³-hybridized carbons (Fsp3) is 0.417. The van der Waals surface area contributed by atoms with Crippen LogP contribution in [0.5, 0.6) is 5.88 Å². The number of halogens is 7. The molecule has 0 aliphatic rings. The highest BCUT2D eigenvalue weighted by Crippen LogP contribution is 2.31. The Kier molecular flexibility index (Phi) is 5.06. The second-order valence-electron chi connectivity index (χ2n) is 4.71. The zero-order valence-corrected chi connectivity index (χ0v) is 13.4. The Morgan fingerprint density at radius 3 is 2.46 bits per heavy atom. The molecule has 0 saturated carbocycles.